The van der Waals surface area contributed by atoms with Crippen molar-refractivity contribution in [2.24, 2.45) is 16.1 Å². The first-order chi connectivity index (χ1) is 10.1. The average molecular weight is 309 g/mol. The number of ether oxygens (including phenoxy) is 1. The van der Waals surface area contributed by atoms with Crippen LogP contribution in [0.3, 0.4) is 0 Å². The predicted octanol–water partition coefficient (Wildman–Crippen LogP) is 2.84. The maximum Gasteiger partial charge on any atom is 0.413 e. The Morgan fingerprint density at radius 2 is 2.10 bits per heavy atom. The fraction of sp³-hybridized carbons (Fsp3) is 0.308. The minimum absolute atomic E-state index is 0.132. The van der Waals surface area contributed by atoms with Crippen LogP contribution in [-0.4, -0.2) is 25.2 Å². The molecule has 0 aromatic heterocycles. The lowest BCUT2D eigenvalue weighted by molar-refractivity contribution is -0.122. The lowest BCUT2D eigenvalue weighted by Crippen LogP contribution is -2.36. The number of hydrogen-bond donors (Lipinski definition) is 1. The zero-order chi connectivity index (χ0) is 15.7. The molecule has 0 bridgehead atoms. The summed E-state index contributed by atoms with van der Waals surface area (Å²) in [7, 11) is 0. The molecule has 0 heterocycles. The summed E-state index contributed by atoms with van der Waals surface area (Å²) in [4.78, 5) is 22.7. The Hall–Kier alpha value is -2.46. The topological polar surface area (TPSA) is 104 Å². The number of hydrogen-bond acceptors (Lipinski definition) is 6. The van der Waals surface area contributed by atoms with Crippen molar-refractivity contribution in [1.82, 2.24) is 5.32 Å². The van der Waals surface area contributed by atoms with E-state index in [1.54, 1.807) is 37.3 Å². The van der Waals surface area contributed by atoms with Gasteiger partial charge in [0.15, 0.2) is 0 Å². The Labute approximate surface area is 126 Å². The van der Waals surface area contributed by atoms with Gasteiger partial charge in [-0.3, -0.25) is 10.1 Å². The third-order valence-corrected chi connectivity index (χ3v) is 2.50. The van der Waals surface area contributed by atoms with E-state index in [0.717, 1.165) is 0 Å². The van der Waals surface area contributed by atoms with Crippen molar-refractivity contribution in [3.05, 3.63) is 29.3 Å². The SMILES string of the molecule is CCOC(=O)NC(=O)C(C#N)CN=Nc1ccc(Cl)cc1. The molecule has 0 saturated carbocycles. The number of halogens is 1. The number of azo groups is 1. The highest BCUT2D eigenvalue weighted by Crippen LogP contribution is 2.16. The molecule has 0 spiro atoms. The van der Waals surface area contributed by atoms with Gasteiger partial charge in [0.2, 0.25) is 5.91 Å². The number of rotatable bonds is 5. The van der Waals surface area contributed by atoms with Gasteiger partial charge >= 0.3 is 6.09 Å². The predicted molar refractivity (Wildman–Crippen MR) is 75.1 cm³/mol. The van der Waals surface area contributed by atoms with Gasteiger partial charge in [0, 0.05) is 5.02 Å². The molecule has 1 aromatic rings. The van der Waals surface area contributed by atoms with Gasteiger partial charge in [0.25, 0.3) is 0 Å². The zero-order valence-corrected chi connectivity index (χ0v) is 12.0. The molecular formula is C13H13ClN4O3. The second kappa shape index (κ2) is 8.66. The molecule has 1 aromatic carbocycles. The van der Waals surface area contributed by atoms with E-state index in [-0.39, 0.29) is 13.2 Å². The maximum atomic E-state index is 11.6. The van der Waals surface area contributed by atoms with E-state index >= 15 is 0 Å². The van der Waals surface area contributed by atoms with Crippen molar-refractivity contribution >= 4 is 29.3 Å². The van der Waals surface area contributed by atoms with E-state index in [4.69, 9.17) is 16.9 Å². The molecule has 0 radical (unpaired) electrons. The maximum absolute atomic E-state index is 11.6. The molecule has 0 aliphatic heterocycles. The Balaban J connectivity index is 2.54. The fourth-order valence-corrected chi connectivity index (χ4v) is 1.38. The Bertz CT molecular complexity index is 566. The first-order valence-electron chi connectivity index (χ1n) is 6.07. The molecule has 2 amide bonds. The van der Waals surface area contributed by atoms with Crippen molar-refractivity contribution in [3.63, 3.8) is 0 Å². The van der Waals surface area contributed by atoms with Crippen molar-refractivity contribution in [2.75, 3.05) is 13.2 Å². The lowest BCUT2D eigenvalue weighted by atomic mass is 10.1. The Morgan fingerprint density at radius 3 is 2.67 bits per heavy atom. The van der Waals surface area contributed by atoms with Gasteiger partial charge in [0.05, 0.1) is 24.9 Å². The van der Waals surface area contributed by atoms with E-state index in [1.807, 2.05) is 5.32 Å². The summed E-state index contributed by atoms with van der Waals surface area (Å²) >= 11 is 5.72. The van der Waals surface area contributed by atoms with Crippen LogP contribution in [0.1, 0.15) is 6.92 Å². The normalized spacial score (nSPS) is 11.7. The lowest BCUT2D eigenvalue weighted by Gasteiger charge is -2.06. The van der Waals surface area contributed by atoms with Crippen LogP contribution in [0.5, 0.6) is 0 Å². The number of carbonyl (C=O) groups is 2. The molecule has 0 aliphatic rings. The molecule has 0 fully saturated rings. The average Bonchev–Trinajstić information content (AvgIpc) is 2.45. The summed E-state index contributed by atoms with van der Waals surface area (Å²) in [5.41, 5.74) is 0.543. The van der Waals surface area contributed by atoms with Crippen molar-refractivity contribution in [1.29, 1.82) is 5.26 Å². The van der Waals surface area contributed by atoms with Gasteiger partial charge < -0.3 is 4.74 Å². The van der Waals surface area contributed by atoms with Crippen LogP contribution in [0.2, 0.25) is 5.02 Å². The number of alkyl carbamates (subject to hydrolysis) is 1. The summed E-state index contributed by atoms with van der Waals surface area (Å²) in [6.45, 7) is 1.57. The summed E-state index contributed by atoms with van der Waals surface area (Å²) < 4.78 is 4.55. The number of imide groups is 1. The van der Waals surface area contributed by atoms with Crippen LogP contribution < -0.4 is 5.32 Å². The van der Waals surface area contributed by atoms with Crippen molar-refractivity contribution in [3.8, 4) is 6.07 Å². The van der Waals surface area contributed by atoms with Crippen LogP contribution >= 0.6 is 11.6 Å². The van der Waals surface area contributed by atoms with E-state index in [2.05, 4.69) is 15.0 Å². The standard InChI is InChI=1S/C13H13ClN4O3/c1-2-21-13(20)17-12(19)9(7-15)8-16-18-11-5-3-10(14)4-6-11/h3-6,9H,2,8H2,1H3,(H,17,19,20). The fourth-order valence-electron chi connectivity index (χ4n) is 1.25. The number of nitrogens with one attached hydrogen (secondary N) is 1. The van der Waals surface area contributed by atoms with Crippen molar-refractivity contribution < 1.29 is 14.3 Å². The first-order valence-corrected chi connectivity index (χ1v) is 6.45. The van der Waals surface area contributed by atoms with Gasteiger partial charge in [-0.25, -0.2) is 4.79 Å². The number of nitrogens with zero attached hydrogens (tertiary/aromatic N) is 3. The zero-order valence-electron chi connectivity index (χ0n) is 11.2. The minimum atomic E-state index is -1.12. The summed E-state index contributed by atoms with van der Waals surface area (Å²) in [6, 6.07) is 8.33. The molecule has 1 rings (SSSR count). The van der Waals surface area contributed by atoms with Crippen LogP contribution in [-0.2, 0) is 9.53 Å². The highest BCUT2D eigenvalue weighted by Gasteiger charge is 2.20. The number of carbonyl (C=O) groups excluding carboxylic acids is 2. The molecule has 110 valence electrons. The number of benzene rings is 1. The molecule has 0 aliphatic carbocycles. The third kappa shape index (κ3) is 6.01. The molecule has 1 atom stereocenters. The van der Waals surface area contributed by atoms with Gasteiger partial charge in [-0.2, -0.15) is 15.5 Å². The summed E-state index contributed by atoms with van der Waals surface area (Å²) in [5, 5.41) is 19.0. The van der Waals surface area contributed by atoms with Gasteiger partial charge in [-0.15, -0.1) is 0 Å². The van der Waals surface area contributed by atoms with Crippen LogP contribution in [0.25, 0.3) is 0 Å². The molecule has 1 N–H and O–H groups in total. The van der Waals surface area contributed by atoms with E-state index in [9.17, 15) is 9.59 Å². The molecule has 7 nitrogen and oxygen atoms in total. The van der Waals surface area contributed by atoms with Crippen LogP contribution in [0, 0.1) is 17.2 Å². The van der Waals surface area contributed by atoms with Crippen molar-refractivity contribution in [2.45, 2.75) is 6.92 Å². The quantitative estimate of drug-likeness (QED) is 0.844. The highest BCUT2D eigenvalue weighted by molar-refractivity contribution is 6.30. The molecule has 1 unspecified atom stereocenters. The first kappa shape index (κ1) is 16.6. The molecule has 21 heavy (non-hydrogen) atoms. The van der Waals surface area contributed by atoms with Crippen LogP contribution in [0.15, 0.2) is 34.5 Å². The minimum Gasteiger partial charge on any atom is -0.450 e. The van der Waals surface area contributed by atoms with E-state index < -0.39 is 17.9 Å². The number of nitriles is 1. The smallest absolute Gasteiger partial charge is 0.413 e. The largest absolute Gasteiger partial charge is 0.450 e. The monoisotopic (exact) mass is 308 g/mol. The molecular weight excluding hydrogens is 296 g/mol. The summed E-state index contributed by atoms with van der Waals surface area (Å²) in [5.74, 6) is -1.89. The molecule has 8 heteroatoms. The Kier molecular flexibility index (Phi) is 6.84. The number of amides is 2. The van der Waals surface area contributed by atoms with Gasteiger partial charge in [-0.1, -0.05) is 11.6 Å². The second-order valence-electron chi connectivity index (χ2n) is 3.79. The van der Waals surface area contributed by atoms with Gasteiger partial charge in [-0.05, 0) is 31.2 Å². The van der Waals surface area contributed by atoms with Gasteiger partial charge in [0.1, 0.15) is 5.92 Å². The summed E-state index contributed by atoms with van der Waals surface area (Å²) in [6.07, 6.45) is -0.891. The van der Waals surface area contributed by atoms with E-state index in [0.29, 0.717) is 10.7 Å². The second-order valence-corrected chi connectivity index (χ2v) is 4.23. The molecule has 0 saturated heterocycles. The van der Waals surface area contributed by atoms with Crippen LogP contribution in [0.4, 0.5) is 10.5 Å². The van der Waals surface area contributed by atoms with E-state index in [1.165, 1.54) is 0 Å². The highest BCUT2D eigenvalue weighted by atomic mass is 35.5. The third-order valence-electron chi connectivity index (χ3n) is 2.25. The Morgan fingerprint density at radius 1 is 1.43 bits per heavy atom.